The molecule has 1 heterocycles. The SMILES string of the molecule is N#CC(c1ccccc1)c1oc(-c2ccccc2)cc1-c1ccccc1. The molecule has 2 heteroatoms. The van der Waals surface area contributed by atoms with E-state index in [9.17, 15) is 5.26 Å². The van der Waals surface area contributed by atoms with Gasteiger partial charge in [0.05, 0.1) is 6.07 Å². The highest BCUT2D eigenvalue weighted by Crippen LogP contribution is 2.38. The standard InChI is InChI=1S/C24H17NO/c25-17-22(19-12-6-2-7-13-19)24-21(18-10-4-1-5-11-18)16-23(26-24)20-14-8-3-9-15-20/h1-16,22H. The summed E-state index contributed by atoms with van der Waals surface area (Å²) in [5, 5.41) is 9.87. The number of hydrogen-bond acceptors (Lipinski definition) is 2. The molecule has 0 N–H and O–H groups in total. The van der Waals surface area contributed by atoms with Crippen molar-refractivity contribution in [2.45, 2.75) is 5.92 Å². The summed E-state index contributed by atoms with van der Waals surface area (Å²) < 4.78 is 6.24. The average molecular weight is 335 g/mol. The van der Waals surface area contributed by atoms with Gasteiger partial charge in [0.2, 0.25) is 0 Å². The number of nitrogens with zero attached hydrogens (tertiary/aromatic N) is 1. The molecule has 0 bridgehead atoms. The van der Waals surface area contributed by atoms with Crippen LogP contribution in [0.25, 0.3) is 22.5 Å². The molecule has 0 aliphatic carbocycles. The number of furan rings is 1. The van der Waals surface area contributed by atoms with E-state index in [2.05, 4.69) is 6.07 Å². The molecular formula is C24H17NO. The smallest absolute Gasteiger partial charge is 0.135 e. The predicted octanol–water partition coefficient (Wildman–Crippen LogP) is 6.27. The molecule has 0 fully saturated rings. The van der Waals surface area contributed by atoms with Crippen LogP contribution in [0.4, 0.5) is 0 Å². The lowest BCUT2D eigenvalue weighted by Gasteiger charge is -2.09. The molecule has 0 spiro atoms. The zero-order valence-corrected chi connectivity index (χ0v) is 14.2. The Morgan fingerprint density at radius 3 is 1.81 bits per heavy atom. The summed E-state index contributed by atoms with van der Waals surface area (Å²) in [5.41, 5.74) is 3.94. The second-order valence-electron chi connectivity index (χ2n) is 6.09. The van der Waals surface area contributed by atoms with Gasteiger partial charge < -0.3 is 4.42 Å². The van der Waals surface area contributed by atoms with E-state index in [-0.39, 0.29) is 0 Å². The maximum Gasteiger partial charge on any atom is 0.135 e. The van der Waals surface area contributed by atoms with E-state index in [1.165, 1.54) is 0 Å². The Balaban J connectivity index is 1.90. The molecular weight excluding hydrogens is 318 g/mol. The van der Waals surface area contributed by atoms with E-state index < -0.39 is 5.92 Å². The summed E-state index contributed by atoms with van der Waals surface area (Å²) in [5.74, 6) is 1.00. The molecule has 2 nitrogen and oxygen atoms in total. The summed E-state index contributed by atoms with van der Waals surface area (Å²) in [6.45, 7) is 0. The van der Waals surface area contributed by atoms with Crippen LogP contribution in [0.15, 0.2) is 101 Å². The van der Waals surface area contributed by atoms with Crippen molar-refractivity contribution in [2.24, 2.45) is 0 Å². The summed E-state index contributed by atoms with van der Waals surface area (Å²) in [6.07, 6.45) is 0. The van der Waals surface area contributed by atoms with Crippen molar-refractivity contribution in [1.29, 1.82) is 5.26 Å². The van der Waals surface area contributed by atoms with Crippen molar-refractivity contribution < 1.29 is 4.42 Å². The van der Waals surface area contributed by atoms with Crippen LogP contribution in [-0.4, -0.2) is 0 Å². The third-order valence-corrected chi connectivity index (χ3v) is 4.43. The average Bonchev–Trinajstić information content (AvgIpc) is 3.16. The lowest BCUT2D eigenvalue weighted by molar-refractivity contribution is 0.523. The maximum atomic E-state index is 9.87. The summed E-state index contributed by atoms with van der Waals surface area (Å²) >= 11 is 0. The second-order valence-corrected chi connectivity index (χ2v) is 6.09. The highest BCUT2D eigenvalue weighted by molar-refractivity contribution is 5.74. The van der Waals surface area contributed by atoms with Gasteiger partial charge in [-0.05, 0) is 17.2 Å². The van der Waals surface area contributed by atoms with Crippen LogP contribution in [0.1, 0.15) is 17.2 Å². The van der Waals surface area contributed by atoms with Crippen molar-refractivity contribution in [3.8, 4) is 28.5 Å². The summed E-state index contributed by atoms with van der Waals surface area (Å²) in [6, 6.07) is 34.3. The van der Waals surface area contributed by atoms with Crippen LogP contribution in [0.5, 0.6) is 0 Å². The van der Waals surface area contributed by atoms with Crippen molar-refractivity contribution >= 4 is 0 Å². The van der Waals surface area contributed by atoms with Crippen LogP contribution < -0.4 is 0 Å². The molecule has 1 atom stereocenters. The van der Waals surface area contributed by atoms with Crippen molar-refractivity contribution in [3.05, 3.63) is 108 Å². The largest absolute Gasteiger partial charge is 0.459 e. The molecule has 4 aromatic rings. The minimum absolute atomic E-state index is 0.455. The van der Waals surface area contributed by atoms with Crippen molar-refractivity contribution in [1.82, 2.24) is 0 Å². The molecule has 0 saturated heterocycles. The van der Waals surface area contributed by atoms with Crippen LogP contribution in [0.2, 0.25) is 0 Å². The lowest BCUT2D eigenvalue weighted by atomic mass is 9.93. The summed E-state index contributed by atoms with van der Waals surface area (Å²) in [4.78, 5) is 0. The van der Waals surface area contributed by atoms with Gasteiger partial charge in [-0.25, -0.2) is 0 Å². The fourth-order valence-electron chi connectivity index (χ4n) is 3.14. The van der Waals surface area contributed by atoms with Gasteiger partial charge in [-0.3, -0.25) is 0 Å². The van der Waals surface area contributed by atoms with E-state index in [1.807, 2.05) is 97.1 Å². The van der Waals surface area contributed by atoms with Gasteiger partial charge in [0.25, 0.3) is 0 Å². The van der Waals surface area contributed by atoms with E-state index in [1.54, 1.807) is 0 Å². The Labute approximate surface area is 153 Å². The monoisotopic (exact) mass is 335 g/mol. The molecule has 0 radical (unpaired) electrons. The lowest BCUT2D eigenvalue weighted by Crippen LogP contribution is -1.98. The van der Waals surface area contributed by atoms with Crippen LogP contribution in [-0.2, 0) is 0 Å². The first-order valence-corrected chi connectivity index (χ1v) is 8.56. The highest BCUT2D eigenvalue weighted by Gasteiger charge is 2.23. The minimum Gasteiger partial charge on any atom is -0.459 e. The van der Waals surface area contributed by atoms with Gasteiger partial charge >= 0.3 is 0 Å². The predicted molar refractivity (Wildman–Crippen MR) is 103 cm³/mol. The Hall–Kier alpha value is -3.57. The van der Waals surface area contributed by atoms with Gasteiger partial charge in [0.1, 0.15) is 17.4 Å². The number of rotatable bonds is 4. The highest BCUT2D eigenvalue weighted by atomic mass is 16.3. The van der Waals surface area contributed by atoms with Crippen LogP contribution in [0, 0.1) is 11.3 Å². The first-order valence-electron chi connectivity index (χ1n) is 8.56. The zero-order valence-electron chi connectivity index (χ0n) is 14.2. The van der Waals surface area contributed by atoms with Crippen LogP contribution in [0.3, 0.4) is 0 Å². The zero-order chi connectivity index (χ0) is 17.8. The second kappa shape index (κ2) is 7.13. The normalized spacial score (nSPS) is 11.7. The third-order valence-electron chi connectivity index (χ3n) is 4.43. The summed E-state index contributed by atoms with van der Waals surface area (Å²) in [7, 11) is 0. The third kappa shape index (κ3) is 3.03. The molecule has 4 rings (SSSR count). The quantitative estimate of drug-likeness (QED) is 0.441. The molecule has 0 aliphatic rings. The van der Waals surface area contributed by atoms with Gasteiger partial charge in [-0.2, -0.15) is 5.26 Å². The molecule has 0 saturated carbocycles. The molecule has 3 aromatic carbocycles. The molecule has 124 valence electrons. The van der Waals surface area contributed by atoms with E-state index in [0.29, 0.717) is 5.76 Å². The van der Waals surface area contributed by atoms with Crippen molar-refractivity contribution in [3.63, 3.8) is 0 Å². The van der Waals surface area contributed by atoms with Gasteiger partial charge in [-0.1, -0.05) is 91.0 Å². The number of hydrogen-bond donors (Lipinski definition) is 0. The van der Waals surface area contributed by atoms with E-state index in [0.717, 1.165) is 28.0 Å². The number of nitriles is 1. The molecule has 0 aliphatic heterocycles. The first kappa shape index (κ1) is 15.9. The fourth-order valence-corrected chi connectivity index (χ4v) is 3.14. The Bertz CT molecular complexity index is 1030. The van der Waals surface area contributed by atoms with Gasteiger partial charge in [0, 0.05) is 11.1 Å². The van der Waals surface area contributed by atoms with Gasteiger partial charge in [-0.15, -0.1) is 0 Å². The maximum absolute atomic E-state index is 9.87. The van der Waals surface area contributed by atoms with Crippen molar-refractivity contribution in [2.75, 3.05) is 0 Å². The topological polar surface area (TPSA) is 36.9 Å². The fraction of sp³-hybridized carbons (Fsp3) is 0.0417. The van der Waals surface area contributed by atoms with E-state index >= 15 is 0 Å². The minimum atomic E-state index is -0.455. The molecule has 1 unspecified atom stereocenters. The Kier molecular flexibility index (Phi) is 4.37. The number of benzene rings is 3. The Morgan fingerprint density at radius 1 is 0.692 bits per heavy atom. The molecule has 26 heavy (non-hydrogen) atoms. The van der Waals surface area contributed by atoms with Gasteiger partial charge in [0.15, 0.2) is 0 Å². The Morgan fingerprint density at radius 2 is 1.23 bits per heavy atom. The molecule has 0 amide bonds. The first-order chi connectivity index (χ1) is 12.9. The molecule has 1 aromatic heterocycles. The van der Waals surface area contributed by atoms with E-state index in [4.69, 9.17) is 4.42 Å². The van der Waals surface area contributed by atoms with Crippen LogP contribution >= 0.6 is 0 Å².